The summed E-state index contributed by atoms with van der Waals surface area (Å²) in [5.74, 6) is 0.142. The number of amides is 1. The van der Waals surface area contributed by atoms with Gasteiger partial charge in [-0.3, -0.25) is 4.79 Å². The number of benzene rings is 2. The molecule has 0 bridgehead atoms. The van der Waals surface area contributed by atoms with E-state index in [0.29, 0.717) is 18.0 Å². The summed E-state index contributed by atoms with van der Waals surface area (Å²) in [5.41, 5.74) is 7.07. The van der Waals surface area contributed by atoms with Crippen molar-refractivity contribution in [1.29, 1.82) is 0 Å². The highest BCUT2D eigenvalue weighted by molar-refractivity contribution is 5.77. The lowest BCUT2D eigenvalue weighted by molar-refractivity contribution is -0.132. The molecule has 0 unspecified atom stereocenters. The largest absolute Gasteiger partial charge is 0.484 e. The maximum absolute atomic E-state index is 12.8. The fraction of sp³-hybridized carbons (Fsp3) is 0.188. The third kappa shape index (κ3) is 4.49. The van der Waals surface area contributed by atoms with Crippen molar-refractivity contribution < 1.29 is 13.9 Å². The summed E-state index contributed by atoms with van der Waals surface area (Å²) in [6.45, 7) is 0.353. The number of nitrogen functional groups attached to an aromatic ring is 1. The SMILES string of the molecule is CN(Cc1ccc(F)cc1)C(=O)COc1ccc(N)cc1. The van der Waals surface area contributed by atoms with Gasteiger partial charge in [0.15, 0.2) is 6.61 Å². The Hall–Kier alpha value is -2.56. The van der Waals surface area contributed by atoms with Gasteiger partial charge in [-0.25, -0.2) is 4.39 Å². The van der Waals surface area contributed by atoms with Crippen LogP contribution in [-0.2, 0) is 11.3 Å². The summed E-state index contributed by atoms with van der Waals surface area (Å²) in [6, 6.07) is 12.9. The molecule has 0 radical (unpaired) electrons. The summed E-state index contributed by atoms with van der Waals surface area (Å²) in [6.07, 6.45) is 0. The molecule has 0 spiro atoms. The number of hydrogen-bond acceptors (Lipinski definition) is 3. The summed E-state index contributed by atoms with van der Waals surface area (Å²) in [4.78, 5) is 13.5. The van der Waals surface area contributed by atoms with Crippen molar-refractivity contribution in [3.8, 4) is 5.75 Å². The number of anilines is 1. The molecular weight excluding hydrogens is 271 g/mol. The van der Waals surface area contributed by atoms with E-state index < -0.39 is 0 Å². The Labute approximate surface area is 122 Å². The first-order valence-corrected chi connectivity index (χ1v) is 6.51. The highest BCUT2D eigenvalue weighted by Crippen LogP contribution is 2.13. The Morgan fingerprint density at radius 2 is 1.76 bits per heavy atom. The van der Waals surface area contributed by atoms with E-state index in [4.69, 9.17) is 10.5 Å². The van der Waals surface area contributed by atoms with E-state index in [9.17, 15) is 9.18 Å². The van der Waals surface area contributed by atoms with Crippen LogP contribution in [0.5, 0.6) is 5.75 Å². The van der Waals surface area contributed by atoms with Crippen LogP contribution in [0.15, 0.2) is 48.5 Å². The second-order valence-corrected chi connectivity index (χ2v) is 4.73. The van der Waals surface area contributed by atoms with Crippen molar-refractivity contribution >= 4 is 11.6 Å². The van der Waals surface area contributed by atoms with E-state index in [0.717, 1.165) is 5.56 Å². The molecule has 2 aromatic carbocycles. The van der Waals surface area contributed by atoms with Gasteiger partial charge in [-0.2, -0.15) is 0 Å². The Morgan fingerprint density at radius 3 is 2.38 bits per heavy atom. The zero-order valence-electron chi connectivity index (χ0n) is 11.8. The summed E-state index contributed by atoms with van der Waals surface area (Å²) < 4.78 is 18.2. The number of carbonyl (C=O) groups excluding carboxylic acids is 1. The van der Waals surface area contributed by atoms with Crippen molar-refractivity contribution in [2.24, 2.45) is 0 Å². The minimum Gasteiger partial charge on any atom is -0.484 e. The number of carbonyl (C=O) groups is 1. The van der Waals surface area contributed by atoms with Crippen LogP contribution in [0.2, 0.25) is 0 Å². The zero-order chi connectivity index (χ0) is 15.2. The highest BCUT2D eigenvalue weighted by Gasteiger charge is 2.10. The Balaban J connectivity index is 1.84. The number of ether oxygens (including phenoxy) is 1. The van der Waals surface area contributed by atoms with Crippen LogP contribution in [0.1, 0.15) is 5.56 Å². The number of nitrogens with two attached hydrogens (primary N) is 1. The Kier molecular flexibility index (Phi) is 4.77. The monoisotopic (exact) mass is 288 g/mol. The molecule has 0 aliphatic heterocycles. The van der Waals surface area contributed by atoms with Gasteiger partial charge in [0.1, 0.15) is 11.6 Å². The van der Waals surface area contributed by atoms with Gasteiger partial charge < -0.3 is 15.4 Å². The van der Waals surface area contributed by atoms with E-state index in [-0.39, 0.29) is 18.3 Å². The third-order valence-corrected chi connectivity index (χ3v) is 3.00. The quantitative estimate of drug-likeness (QED) is 0.860. The molecule has 0 saturated heterocycles. The predicted molar refractivity (Wildman–Crippen MR) is 79.2 cm³/mol. The molecule has 0 saturated carbocycles. The molecule has 0 aromatic heterocycles. The molecule has 2 aromatic rings. The maximum atomic E-state index is 12.8. The van der Waals surface area contributed by atoms with E-state index in [1.165, 1.54) is 17.0 Å². The minimum atomic E-state index is -0.292. The molecule has 110 valence electrons. The van der Waals surface area contributed by atoms with E-state index in [2.05, 4.69) is 0 Å². The smallest absolute Gasteiger partial charge is 0.260 e. The molecule has 2 N–H and O–H groups in total. The van der Waals surface area contributed by atoms with Gasteiger partial charge in [-0.1, -0.05) is 12.1 Å². The number of nitrogens with zero attached hydrogens (tertiary/aromatic N) is 1. The van der Waals surface area contributed by atoms with Crippen molar-refractivity contribution in [2.75, 3.05) is 19.4 Å². The Bertz CT molecular complexity index is 597. The molecule has 1 amide bonds. The zero-order valence-corrected chi connectivity index (χ0v) is 11.8. The van der Waals surface area contributed by atoms with Crippen LogP contribution in [0.3, 0.4) is 0 Å². The average molecular weight is 288 g/mol. The molecule has 0 atom stereocenters. The molecule has 0 aliphatic carbocycles. The average Bonchev–Trinajstić information content (AvgIpc) is 2.48. The molecule has 0 fully saturated rings. The van der Waals surface area contributed by atoms with Crippen LogP contribution < -0.4 is 10.5 Å². The van der Waals surface area contributed by atoms with Gasteiger partial charge in [-0.15, -0.1) is 0 Å². The second-order valence-electron chi connectivity index (χ2n) is 4.73. The van der Waals surface area contributed by atoms with E-state index in [1.807, 2.05) is 0 Å². The standard InChI is InChI=1S/C16H17FN2O2/c1-19(10-12-2-4-13(17)5-3-12)16(20)11-21-15-8-6-14(18)7-9-15/h2-9H,10-11,18H2,1H3. The number of halogens is 1. The van der Waals surface area contributed by atoms with Crippen molar-refractivity contribution in [2.45, 2.75) is 6.54 Å². The molecule has 5 heteroatoms. The van der Waals surface area contributed by atoms with Crippen molar-refractivity contribution in [3.05, 3.63) is 59.9 Å². The molecule has 0 heterocycles. The van der Waals surface area contributed by atoms with Crippen LogP contribution in [-0.4, -0.2) is 24.5 Å². The first kappa shape index (κ1) is 14.8. The highest BCUT2D eigenvalue weighted by atomic mass is 19.1. The van der Waals surface area contributed by atoms with Gasteiger partial charge in [0.25, 0.3) is 5.91 Å². The lowest BCUT2D eigenvalue weighted by Gasteiger charge is -2.17. The number of likely N-dealkylation sites (N-methyl/N-ethyl adjacent to an activating group) is 1. The lowest BCUT2D eigenvalue weighted by atomic mass is 10.2. The number of rotatable bonds is 5. The van der Waals surface area contributed by atoms with Gasteiger partial charge in [0.2, 0.25) is 0 Å². The minimum absolute atomic E-state index is 0.0540. The van der Waals surface area contributed by atoms with E-state index in [1.54, 1.807) is 43.4 Å². The van der Waals surface area contributed by atoms with E-state index >= 15 is 0 Å². The normalized spacial score (nSPS) is 10.2. The molecule has 0 aliphatic rings. The number of hydrogen-bond donors (Lipinski definition) is 1. The molecular formula is C16H17FN2O2. The first-order chi connectivity index (χ1) is 10.0. The lowest BCUT2D eigenvalue weighted by Crippen LogP contribution is -2.30. The van der Waals surface area contributed by atoms with Gasteiger partial charge in [0.05, 0.1) is 0 Å². The summed E-state index contributed by atoms with van der Waals surface area (Å²) in [5, 5.41) is 0. The van der Waals surface area contributed by atoms with Crippen molar-refractivity contribution in [1.82, 2.24) is 4.90 Å². The van der Waals surface area contributed by atoms with Gasteiger partial charge in [0, 0.05) is 19.3 Å². The Morgan fingerprint density at radius 1 is 1.14 bits per heavy atom. The van der Waals surface area contributed by atoms with Gasteiger partial charge >= 0.3 is 0 Å². The van der Waals surface area contributed by atoms with Crippen molar-refractivity contribution in [3.63, 3.8) is 0 Å². The molecule has 4 nitrogen and oxygen atoms in total. The molecule has 21 heavy (non-hydrogen) atoms. The van der Waals surface area contributed by atoms with Crippen LogP contribution >= 0.6 is 0 Å². The summed E-state index contributed by atoms with van der Waals surface area (Å²) in [7, 11) is 1.68. The summed E-state index contributed by atoms with van der Waals surface area (Å²) >= 11 is 0. The first-order valence-electron chi connectivity index (χ1n) is 6.51. The predicted octanol–water partition coefficient (Wildman–Crippen LogP) is 2.45. The third-order valence-electron chi connectivity index (χ3n) is 3.00. The van der Waals surface area contributed by atoms with Crippen LogP contribution in [0.25, 0.3) is 0 Å². The second kappa shape index (κ2) is 6.74. The fourth-order valence-electron chi connectivity index (χ4n) is 1.77. The van der Waals surface area contributed by atoms with Crippen LogP contribution in [0.4, 0.5) is 10.1 Å². The van der Waals surface area contributed by atoms with Crippen LogP contribution in [0, 0.1) is 5.82 Å². The van der Waals surface area contributed by atoms with Gasteiger partial charge in [-0.05, 0) is 42.0 Å². The fourth-order valence-corrected chi connectivity index (χ4v) is 1.77. The topological polar surface area (TPSA) is 55.6 Å². The molecule has 2 rings (SSSR count). The maximum Gasteiger partial charge on any atom is 0.260 e.